The van der Waals surface area contributed by atoms with E-state index in [1.54, 1.807) is 0 Å². The summed E-state index contributed by atoms with van der Waals surface area (Å²) in [6.07, 6.45) is 0.928. The highest BCUT2D eigenvalue weighted by atomic mass is 79.9. The second-order valence-electron chi connectivity index (χ2n) is 5.90. The Morgan fingerprint density at radius 2 is 1.95 bits per heavy atom. The summed E-state index contributed by atoms with van der Waals surface area (Å²) >= 11 is 3.10. The van der Waals surface area contributed by atoms with Gasteiger partial charge in [0, 0.05) is 18.7 Å². The van der Waals surface area contributed by atoms with Crippen LogP contribution in [-0.4, -0.2) is 24.5 Å². The van der Waals surface area contributed by atoms with Crippen molar-refractivity contribution >= 4 is 15.9 Å². The van der Waals surface area contributed by atoms with Crippen LogP contribution in [0.3, 0.4) is 0 Å². The maximum atomic E-state index is 14.0. The minimum atomic E-state index is -0.517. The largest absolute Gasteiger partial charge is 0.330 e. The Balaban J connectivity index is 2.94. The lowest BCUT2D eigenvalue weighted by Crippen LogP contribution is -2.39. The third-order valence-electron chi connectivity index (χ3n) is 3.26. The number of hydrogen-bond acceptors (Lipinski definition) is 2. The van der Waals surface area contributed by atoms with Gasteiger partial charge in [0.25, 0.3) is 0 Å². The van der Waals surface area contributed by atoms with Gasteiger partial charge in [0.15, 0.2) is 0 Å². The monoisotopic (exact) mass is 348 g/mol. The second-order valence-corrected chi connectivity index (χ2v) is 6.76. The standard InChI is InChI=1S/C15H23BrF2N2/c1-4-7-20(10-15(2,3)9-19)8-11-13(17)6-5-12(16)14(11)18/h5-6H,4,7-10,19H2,1-3H3. The zero-order chi connectivity index (χ0) is 15.3. The molecule has 0 amide bonds. The quantitative estimate of drug-likeness (QED) is 0.756. The van der Waals surface area contributed by atoms with E-state index < -0.39 is 11.6 Å². The Morgan fingerprint density at radius 1 is 1.30 bits per heavy atom. The van der Waals surface area contributed by atoms with Crippen LogP contribution in [0, 0.1) is 17.0 Å². The van der Waals surface area contributed by atoms with Gasteiger partial charge >= 0.3 is 0 Å². The highest BCUT2D eigenvalue weighted by Gasteiger charge is 2.22. The smallest absolute Gasteiger partial charge is 0.144 e. The lowest BCUT2D eigenvalue weighted by atomic mass is 9.92. The molecule has 0 unspecified atom stereocenters. The van der Waals surface area contributed by atoms with Gasteiger partial charge in [-0.2, -0.15) is 0 Å². The molecule has 0 bridgehead atoms. The van der Waals surface area contributed by atoms with Crippen molar-refractivity contribution in [2.75, 3.05) is 19.6 Å². The lowest BCUT2D eigenvalue weighted by Gasteiger charge is -2.31. The van der Waals surface area contributed by atoms with Crippen molar-refractivity contribution in [2.45, 2.75) is 33.7 Å². The molecule has 0 aliphatic carbocycles. The maximum Gasteiger partial charge on any atom is 0.144 e. The molecule has 0 fully saturated rings. The summed E-state index contributed by atoms with van der Waals surface area (Å²) in [5.74, 6) is -1.02. The Kier molecular flexibility index (Phi) is 6.55. The summed E-state index contributed by atoms with van der Waals surface area (Å²) in [6.45, 7) is 8.46. The van der Waals surface area contributed by atoms with Crippen molar-refractivity contribution in [1.82, 2.24) is 4.90 Å². The molecule has 0 aliphatic heterocycles. The molecule has 0 atom stereocenters. The van der Waals surface area contributed by atoms with E-state index in [0.717, 1.165) is 13.0 Å². The average Bonchev–Trinajstić information content (AvgIpc) is 2.39. The highest BCUT2D eigenvalue weighted by molar-refractivity contribution is 9.10. The summed E-state index contributed by atoms with van der Waals surface area (Å²) in [7, 11) is 0. The van der Waals surface area contributed by atoms with E-state index in [4.69, 9.17) is 5.73 Å². The van der Waals surface area contributed by atoms with E-state index in [0.29, 0.717) is 17.6 Å². The molecule has 1 aromatic rings. The molecule has 0 spiro atoms. The van der Waals surface area contributed by atoms with Crippen LogP contribution in [0.15, 0.2) is 16.6 Å². The van der Waals surface area contributed by atoms with Crippen LogP contribution < -0.4 is 5.73 Å². The SMILES string of the molecule is CCCN(Cc1c(F)ccc(Br)c1F)CC(C)(C)CN. The van der Waals surface area contributed by atoms with E-state index in [9.17, 15) is 8.78 Å². The van der Waals surface area contributed by atoms with Gasteiger partial charge in [-0.25, -0.2) is 8.78 Å². The van der Waals surface area contributed by atoms with Gasteiger partial charge in [0.1, 0.15) is 11.6 Å². The van der Waals surface area contributed by atoms with Gasteiger partial charge in [-0.3, -0.25) is 4.90 Å². The molecule has 0 radical (unpaired) electrons. The fourth-order valence-corrected chi connectivity index (χ4v) is 2.51. The zero-order valence-corrected chi connectivity index (χ0v) is 13.9. The summed E-state index contributed by atoms with van der Waals surface area (Å²) in [5, 5.41) is 0. The van der Waals surface area contributed by atoms with Crippen molar-refractivity contribution < 1.29 is 8.78 Å². The molecule has 1 aromatic carbocycles. The molecule has 0 saturated heterocycles. The number of rotatable bonds is 7. The predicted octanol–water partition coefficient (Wildman–Crippen LogP) is 3.92. The number of benzene rings is 1. The minimum Gasteiger partial charge on any atom is -0.330 e. The van der Waals surface area contributed by atoms with E-state index in [2.05, 4.69) is 41.6 Å². The van der Waals surface area contributed by atoms with Gasteiger partial charge in [-0.15, -0.1) is 0 Å². The van der Waals surface area contributed by atoms with E-state index in [-0.39, 0.29) is 17.5 Å². The summed E-state index contributed by atoms with van der Waals surface area (Å²) in [6, 6.07) is 2.68. The van der Waals surface area contributed by atoms with Crippen molar-refractivity contribution in [3.8, 4) is 0 Å². The third kappa shape index (κ3) is 4.79. The number of halogens is 3. The first-order valence-electron chi connectivity index (χ1n) is 6.85. The first-order valence-corrected chi connectivity index (χ1v) is 7.65. The first kappa shape index (κ1) is 17.5. The highest BCUT2D eigenvalue weighted by Crippen LogP contribution is 2.24. The predicted molar refractivity (Wildman–Crippen MR) is 82.5 cm³/mol. The lowest BCUT2D eigenvalue weighted by molar-refractivity contribution is 0.172. The van der Waals surface area contributed by atoms with Gasteiger partial charge in [0.2, 0.25) is 0 Å². The van der Waals surface area contributed by atoms with Crippen molar-refractivity contribution in [2.24, 2.45) is 11.1 Å². The van der Waals surface area contributed by atoms with Crippen molar-refractivity contribution in [3.63, 3.8) is 0 Å². The molecule has 20 heavy (non-hydrogen) atoms. The fourth-order valence-electron chi connectivity index (χ4n) is 2.14. The minimum absolute atomic E-state index is 0.0753. The third-order valence-corrected chi connectivity index (χ3v) is 3.88. The fraction of sp³-hybridized carbons (Fsp3) is 0.600. The second kappa shape index (κ2) is 7.48. The van der Waals surface area contributed by atoms with E-state index in [1.165, 1.54) is 12.1 Å². The molecule has 0 aromatic heterocycles. The Bertz CT molecular complexity index is 450. The summed E-state index contributed by atoms with van der Waals surface area (Å²) in [5.41, 5.74) is 5.78. The maximum absolute atomic E-state index is 14.0. The van der Waals surface area contributed by atoms with Crippen LogP contribution in [-0.2, 0) is 6.54 Å². The Morgan fingerprint density at radius 3 is 2.50 bits per heavy atom. The van der Waals surface area contributed by atoms with Gasteiger partial charge in [0.05, 0.1) is 4.47 Å². The van der Waals surface area contributed by atoms with Gasteiger partial charge in [-0.05, 0) is 53.0 Å². The molecule has 114 valence electrons. The molecule has 0 saturated carbocycles. The summed E-state index contributed by atoms with van der Waals surface area (Å²) in [4.78, 5) is 2.06. The van der Waals surface area contributed by atoms with Gasteiger partial charge < -0.3 is 5.73 Å². The Hall–Kier alpha value is -0.520. The van der Waals surface area contributed by atoms with Crippen LogP contribution in [0.1, 0.15) is 32.8 Å². The molecular formula is C15H23BrF2N2. The van der Waals surface area contributed by atoms with Crippen molar-refractivity contribution in [3.05, 3.63) is 33.8 Å². The molecule has 0 heterocycles. The first-order chi connectivity index (χ1) is 9.30. The average molecular weight is 349 g/mol. The normalized spacial score (nSPS) is 12.2. The van der Waals surface area contributed by atoms with E-state index in [1.807, 2.05) is 0 Å². The van der Waals surface area contributed by atoms with Crippen LogP contribution in [0.25, 0.3) is 0 Å². The topological polar surface area (TPSA) is 29.3 Å². The molecule has 2 N–H and O–H groups in total. The van der Waals surface area contributed by atoms with Crippen molar-refractivity contribution in [1.29, 1.82) is 0 Å². The molecule has 0 aliphatic rings. The zero-order valence-electron chi connectivity index (χ0n) is 12.3. The van der Waals surface area contributed by atoms with Crippen LogP contribution >= 0.6 is 15.9 Å². The number of hydrogen-bond donors (Lipinski definition) is 1. The molecule has 2 nitrogen and oxygen atoms in total. The molecule has 1 rings (SSSR count). The van der Waals surface area contributed by atoms with Gasteiger partial charge in [-0.1, -0.05) is 20.8 Å². The van der Waals surface area contributed by atoms with Crippen LogP contribution in [0.5, 0.6) is 0 Å². The number of nitrogens with two attached hydrogens (primary N) is 1. The van der Waals surface area contributed by atoms with Crippen LogP contribution in [0.4, 0.5) is 8.78 Å². The molecule has 5 heteroatoms. The van der Waals surface area contributed by atoms with Crippen LogP contribution in [0.2, 0.25) is 0 Å². The Labute approximate surface area is 128 Å². The summed E-state index contributed by atoms with van der Waals surface area (Å²) < 4.78 is 28.2. The van der Waals surface area contributed by atoms with E-state index >= 15 is 0 Å². The molecular weight excluding hydrogens is 326 g/mol. The number of nitrogens with zero attached hydrogens (tertiary/aromatic N) is 1.